The standard InChI is InChI=1S/C26H20O3S12/c1-30-17-9-34-23(38-17)13(7-27)21(25-36-11-19(32-3)40-25)15-5-6-16(29-15)22(26-37-12-20(33-4)41-26)14(8-28)24-35-10-18(31-2)39-24/h5-12H,1-4H3/b23-13-,24-14+,25-21-,26-22-. The van der Waals surface area contributed by atoms with Crippen LogP contribution in [-0.4, -0.2) is 37.6 Å². The molecule has 0 aromatic carbocycles. The van der Waals surface area contributed by atoms with Gasteiger partial charge in [-0.05, 0) is 58.8 Å². The third-order valence-electron chi connectivity index (χ3n) is 5.35. The van der Waals surface area contributed by atoms with E-state index in [4.69, 9.17) is 4.42 Å². The van der Waals surface area contributed by atoms with Crippen LogP contribution >= 0.6 is 141 Å². The zero-order valence-electron chi connectivity index (χ0n) is 21.7. The Bertz CT molecular complexity index is 1410. The van der Waals surface area contributed by atoms with Crippen molar-refractivity contribution in [1.82, 2.24) is 0 Å². The largest absolute Gasteiger partial charge is 0.456 e. The summed E-state index contributed by atoms with van der Waals surface area (Å²) in [7, 11) is 0. The van der Waals surface area contributed by atoms with Crippen LogP contribution < -0.4 is 0 Å². The molecular weight excluding hydrogens is 745 g/mol. The molecule has 1 aromatic heterocycles. The molecular formula is C26H20O3S12. The summed E-state index contributed by atoms with van der Waals surface area (Å²) in [6.45, 7) is 0. The molecule has 41 heavy (non-hydrogen) atoms. The van der Waals surface area contributed by atoms with Crippen molar-refractivity contribution < 1.29 is 14.0 Å². The number of carbonyl (C=O) groups is 2. The molecule has 15 heteroatoms. The summed E-state index contributed by atoms with van der Waals surface area (Å²) in [6.07, 6.45) is 10.1. The van der Waals surface area contributed by atoms with E-state index in [0.717, 1.165) is 49.1 Å². The number of rotatable bonds is 10. The van der Waals surface area contributed by atoms with E-state index in [0.29, 0.717) is 22.7 Å². The molecule has 0 atom stereocenters. The molecule has 0 spiro atoms. The van der Waals surface area contributed by atoms with Gasteiger partial charge in [-0.25, -0.2) is 0 Å². The van der Waals surface area contributed by atoms with Gasteiger partial charge in [-0.2, -0.15) is 0 Å². The first-order chi connectivity index (χ1) is 20.0. The lowest BCUT2D eigenvalue weighted by Crippen LogP contribution is -1.96. The number of furan rings is 1. The Morgan fingerprint density at radius 2 is 0.878 bits per heavy atom. The monoisotopic (exact) mass is 764 g/mol. The molecule has 0 fully saturated rings. The number of allylic oxidation sites excluding steroid dienone is 4. The van der Waals surface area contributed by atoms with Gasteiger partial charge in [0, 0.05) is 11.1 Å². The molecule has 4 aliphatic rings. The van der Waals surface area contributed by atoms with Gasteiger partial charge in [0.25, 0.3) is 0 Å². The summed E-state index contributed by atoms with van der Waals surface area (Å²) in [6, 6.07) is 3.88. The Kier molecular flexibility index (Phi) is 12.8. The van der Waals surface area contributed by atoms with Crippen molar-refractivity contribution in [2.75, 3.05) is 25.0 Å². The molecule has 3 nitrogen and oxygen atoms in total. The molecule has 4 aliphatic heterocycles. The molecule has 1 aromatic rings. The van der Waals surface area contributed by atoms with Crippen LogP contribution in [0.2, 0.25) is 0 Å². The summed E-state index contributed by atoms with van der Waals surface area (Å²) < 4.78 is 15.3. The maximum absolute atomic E-state index is 12.7. The molecule has 214 valence electrons. The predicted molar refractivity (Wildman–Crippen MR) is 206 cm³/mol. The number of hydrogen-bond donors (Lipinski definition) is 0. The van der Waals surface area contributed by atoms with Gasteiger partial charge in [-0.3, -0.25) is 9.59 Å². The van der Waals surface area contributed by atoms with Gasteiger partial charge in [0.05, 0.1) is 45.0 Å². The minimum Gasteiger partial charge on any atom is -0.456 e. The molecule has 0 saturated carbocycles. The van der Waals surface area contributed by atoms with Gasteiger partial charge >= 0.3 is 0 Å². The van der Waals surface area contributed by atoms with E-state index >= 15 is 0 Å². The maximum atomic E-state index is 12.7. The molecule has 0 radical (unpaired) electrons. The fourth-order valence-electron chi connectivity index (χ4n) is 3.49. The van der Waals surface area contributed by atoms with E-state index in [1.54, 1.807) is 141 Å². The van der Waals surface area contributed by atoms with Gasteiger partial charge in [0.15, 0.2) is 12.6 Å². The number of carbonyl (C=O) groups excluding carboxylic acids is 2. The summed E-state index contributed by atoms with van der Waals surface area (Å²) in [5.74, 6) is 1.24. The van der Waals surface area contributed by atoms with E-state index in [1.807, 2.05) is 24.6 Å². The molecule has 0 amide bonds. The molecule has 5 rings (SSSR count). The van der Waals surface area contributed by atoms with Crippen LogP contribution in [-0.2, 0) is 9.59 Å². The summed E-state index contributed by atoms with van der Waals surface area (Å²) >= 11 is 19.7. The van der Waals surface area contributed by atoms with E-state index in [9.17, 15) is 9.59 Å². The van der Waals surface area contributed by atoms with Crippen molar-refractivity contribution in [1.29, 1.82) is 0 Å². The first kappa shape index (κ1) is 33.1. The molecule has 5 heterocycles. The quantitative estimate of drug-likeness (QED) is 0.168. The molecule has 0 unspecified atom stereocenters. The topological polar surface area (TPSA) is 47.3 Å². The summed E-state index contributed by atoms with van der Waals surface area (Å²) in [4.78, 5) is 25.4. The Labute approximate surface area is 291 Å². The highest BCUT2D eigenvalue weighted by Gasteiger charge is 2.30. The first-order valence-corrected chi connectivity index (χ1v) is 23.0. The van der Waals surface area contributed by atoms with Crippen LogP contribution in [0.4, 0.5) is 0 Å². The zero-order valence-corrected chi connectivity index (χ0v) is 31.5. The smallest absolute Gasteiger partial charge is 0.152 e. The van der Waals surface area contributed by atoms with Crippen molar-refractivity contribution in [2.24, 2.45) is 0 Å². The molecule has 0 saturated heterocycles. The number of thioether (sulfide) groups is 12. The minimum atomic E-state index is 0.619. The predicted octanol–water partition coefficient (Wildman–Crippen LogP) is 12.0. The van der Waals surface area contributed by atoms with Crippen LogP contribution in [0, 0.1) is 0 Å². The van der Waals surface area contributed by atoms with Crippen LogP contribution in [0.15, 0.2) is 83.2 Å². The third kappa shape index (κ3) is 7.59. The fourth-order valence-corrected chi connectivity index (χ4v) is 16.2. The van der Waals surface area contributed by atoms with E-state index in [-0.39, 0.29) is 0 Å². The lowest BCUT2D eigenvalue weighted by molar-refractivity contribution is -0.105. The van der Waals surface area contributed by atoms with Crippen LogP contribution in [0.1, 0.15) is 11.5 Å². The lowest BCUT2D eigenvalue weighted by atomic mass is 10.1. The molecule has 0 bridgehead atoms. The summed E-state index contributed by atoms with van der Waals surface area (Å²) in [5, 5.41) is 8.43. The van der Waals surface area contributed by atoms with E-state index in [2.05, 4.69) is 34.1 Å². The average Bonchev–Trinajstić information content (AvgIpc) is 3.84. The third-order valence-corrected chi connectivity index (χ3v) is 19.8. The van der Waals surface area contributed by atoms with Gasteiger partial charge in [0.2, 0.25) is 0 Å². The Morgan fingerprint density at radius 1 is 0.561 bits per heavy atom. The second kappa shape index (κ2) is 15.8. The number of hydrogen-bond acceptors (Lipinski definition) is 15. The molecule has 0 aliphatic carbocycles. The second-order valence-corrected chi connectivity index (χ2v) is 20.8. The SMILES string of the molecule is CSC1=CS/C(=C(C=O)\C(=C2/SC=C(SC)S2)c2ccc(C(=C3/SC=C(SC)S3)/C(C=O)=C3/SC=C(SC)S3)o2)S1. The minimum absolute atomic E-state index is 0.619. The Morgan fingerprint density at radius 3 is 1.17 bits per heavy atom. The van der Waals surface area contributed by atoms with E-state index in [1.165, 1.54) is 8.47 Å². The fraction of sp³-hybridized carbons (Fsp3) is 0.154. The normalized spacial score (nSPS) is 23.7. The Hall–Kier alpha value is 0.740. The highest BCUT2D eigenvalue weighted by molar-refractivity contribution is 8.37. The Balaban J connectivity index is 1.63. The van der Waals surface area contributed by atoms with Crippen molar-refractivity contribution in [3.8, 4) is 0 Å². The van der Waals surface area contributed by atoms with Crippen LogP contribution in [0.3, 0.4) is 0 Å². The molecule has 0 N–H and O–H groups in total. The zero-order chi connectivity index (χ0) is 28.9. The van der Waals surface area contributed by atoms with Gasteiger partial charge in [-0.1, -0.05) is 94.1 Å². The van der Waals surface area contributed by atoms with Crippen molar-refractivity contribution >= 4 is 165 Å². The lowest BCUT2D eigenvalue weighted by Gasteiger charge is -2.13. The van der Waals surface area contributed by atoms with Gasteiger partial charge in [-0.15, -0.1) is 47.0 Å². The highest BCUT2D eigenvalue weighted by atomic mass is 32.3. The van der Waals surface area contributed by atoms with Crippen molar-refractivity contribution in [3.63, 3.8) is 0 Å². The van der Waals surface area contributed by atoms with Gasteiger partial charge < -0.3 is 4.42 Å². The average molecular weight is 765 g/mol. The van der Waals surface area contributed by atoms with Crippen molar-refractivity contribution in [2.45, 2.75) is 0 Å². The van der Waals surface area contributed by atoms with E-state index < -0.39 is 0 Å². The highest BCUT2D eigenvalue weighted by Crippen LogP contribution is 2.58. The van der Waals surface area contributed by atoms with Gasteiger partial charge in [0.1, 0.15) is 11.5 Å². The second-order valence-electron chi connectivity index (χ2n) is 7.57. The van der Waals surface area contributed by atoms with Crippen LogP contribution in [0.5, 0.6) is 0 Å². The van der Waals surface area contributed by atoms with Crippen LogP contribution in [0.25, 0.3) is 11.1 Å². The first-order valence-electron chi connectivity index (χ1n) is 11.4. The summed E-state index contributed by atoms with van der Waals surface area (Å²) in [5.41, 5.74) is 2.84. The maximum Gasteiger partial charge on any atom is 0.152 e. The van der Waals surface area contributed by atoms with Crippen molar-refractivity contribution in [3.05, 3.63) is 90.3 Å². The number of aldehydes is 2.